The summed E-state index contributed by atoms with van der Waals surface area (Å²) in [6.45, 7) is 9.31. The van der Waals surface area contributed by atoms with Gasteiger partial charge in [-0.3, -0.25) is 4.99 Å². The number of hydrogen-bond donors (Lipinski definition) is 0. The molecule has 0 aliphatic carbocycles. The second-order valence-corrected chi connectivity index (χ2v) is 14.7. The molecule has 2 amide bonds. The number of ether oxygens (including phenoxy) is 2. The SMILES string of the molecule is CC(C)(C)OC(=O)N(C(=O)OC(C)(C)C)C1=N[C@@](CF)(c2cc(Br)ccc2F)[C@H]2CC[C@]1(C)S2(=O)=O. The molecule has 2 aliphatic rings. The van der Waals surface area contributed by atoms with Crippen LogP contribution in [0, 0.1) is 5.82 Å². The molecule has 36 heavy (non-hydrogen) atoms. The van der Waals surface area contributed by atoms with E-state index < -0.39 is 67.1 Å². The van der Waals surface area contributed by atoms with Gasteiger partial charge < -0.3 is 9.47 Å². The number of amidine groups is 1. The average Bonchev–Trinajstić information content (AvgIpc) is 2.85. The van der Waals surface area contributed by atoms with Crippen molar-refractivity contribution in [1.29, 1.82) is 0 Å². The number of rotatable bonds is 2. The smallest absolute Gasteiger partial charge is 0.425 e. The minimum Gasteiger partial charge on any atom is -0.443 e. The fourth-order valence-electron chi connectivity index (χ4n) is 4.53. The highest BCUT2D eigenvalue weighted by Gasteiger charge is 2.67. The Balaban J connectivity index is 2.36. The van der Waals surface area contributed by atoms with Gasteiger partial charge in [-0.15, -0.1) is 0 Å². The Bertz CT molecular complexity index is 1200. The zero-order valence-electron chi connectivity index (χ0n) is 21.3. The largest absolute Gasteiger partial charge is 0.443 e. The van der Waals surface area contributed by atoms with Crippen LogP contribution in [0.3, 0.4) is 0 Å². The molecular formula is C24H31BrF2N2O6S. The van der Waals surface area contributed by atoms with Gasteiger partial charge in [-0.05, 0) is 79.5 Å². The molecule has 0 N–H and O–H groups in total. The number of benzene rings is 1. The van der Waals surface area contributed by atoms with E-state index in [4.69, 9.17) is 9.47 Å². The van der Waals surface area contributed by atoms with Gasteiger partial charge in [0.15, 0.2) is 9.84 Å². The molecule has 1 fully saturated rings. The van der Waals surface area contributed by atoms with Crippen LogP contribution in [0.15, 0.2) is 27.7 Å². The quantitative estimate of drug-likeness (QED) is 0.438. The molecule has 1 aromatic rings. The van der Waals surface area contributed by atoms with Crippen LogP contribution >= 0.6 is 15.9 Å². The van der Waals surface area contributed by atoms with E-state index >= 15 is 8.78 Å². The molecule has 0 unspecified atom stereocenters. The third kappa shape index (κ3) is 4.78. The maximum atomic E-state index is 15.1. The third-order valence-corrected chi connectivity index (χ3v) is 9.67. The van der Waals surface area contributed by atoms with Gasteiger partial charge in [-0.1, -0.05) is 15.9 Å². The first kappa shape index (κ1) is 28.5. The first-order valence-electron chi connectivity index (χ1n) is 11.4. The number of amides is 2. The number of nitrogens with zero attached hydrogens (tertiary/aromatic N) is 2. The first-order valence-corrected chi connectivity index (χ1v) is 13.7. The van der Waals surface area contributed by atoms with Gasteiger partial charge in [0.2, 0.25) is 0 Å². The molecule has 1 aromatic carbocycles. The van der Waals surface area contributed by atoms with E-state index in [1.165, 1.54) is 19.1 Å². The molecular weight excluding hydrogens is 562 g/mol. The summed E-state index contributed by atoms with van der Waals surface area (Å²) >= 11 is 3.22. The minimum absolute atomic E-state index is 0.0574. The lowest BCUT2D eigenvalue weighted by atomic mass is 9.86. The number of fused-ring (bicyclic) bond motifs is 2. The van der Waals surface area contributed by atoms with Gasteiger partial charge in [0.05, 0.1) is 5.25 Å². The molecule has 1 saturated heterocycles. The second kappa shape index (κ2) is 9.04. The molecule has 0 radical (unpaired) electrons. The monoisotopic (exact) mass is 592 g/mol. The summed E-state index contributed by atoms with van der Waals surface area (Å²) in [5.74, 6) is -1.43. The number of halogens is 3. The van der Waals surface area contributed by atoms with Crippen LogP contribution in [-0.4, -0.2) is 59.2 Å². The fourth-order valence-corrected chi connectivity index (χ4v) is 7.50. The van der Waals surface area contributed by atoms with E-state index in [0.29, 0.717) is 9.37 Å². The zero-order chi connectivity index (χ0) is 27.5. The van der Waals surface area contributed by atoms with Gasteiger partial charge in [0, 0.05) is 10.0 Å². The van der Waals surface area contributed by atoms with E-state index in [-0.39, 0.29) is 18.4 Å². The summed E-state index contributed by atoms with van der Waals surface area (Å²) < 4.78 is 67.2. The Labute approximate surface area is 218 Å². The van der Waals surface area contributed by atoms with Crippen molar-refractivity contribution in [3.05, 3.63) is 34.1 Å². The van der Waals surface area contributed by atoms with Crippen molar-refractivity contribution < 1.29 is 36.3 Å². The topological polar surface area (TPSA) is 102 Å². The van der Waals surface area contributed by atoms with E-state index in [0.717, 1.165) is 6.07 Å². The molecule has 200 valence electrons. The maximum absolute atomic E-state index is 15.1. The lowest BCUT2D eigenvalue weighted by molar-refractivity contribution is 0.0138. The standard InChI is InChI=1S/C24H31BrF2N2O6S/c1-21(2,3)34-19(30)29(20(31)35-22(4,5)6)18-23(7)11-10-17(36(23,32)33)24(13-26,28-18)15-12-14(25)8-9-16(15)27/h8-9,12,17H,10-11,13H2,1-7H3/t17-,23+,24+/m1/s1. The summed E-state index contributed by atoms with van der Waals surface area (Å²) in [7, 11) is -4.28. The van der Waals surface area contributed by atoms with Crippen molar-refractivity contribution in [3.63, 3.8) is 0 Å². The summed E-state index contributed by atoms with van der Waals surface area (Å²) in [5.41, 5.74) is -4.68. The molecule has 0 aromatic heterocycles. The molecule has 3 rings (SSSR count). The van der Waals surface area contributed by atoms with Crippen molar-refractivity contribution in [2.75, 3.05) is 6.67 Å². The summed E-state index contributed by atoms with van der Waals surface area (Å²) in [5, 5.41) is -1.41. The highest BCUT2D eigenvalue weighted by Crippen LogP contribution is 2.53. The van der Waals surface area contributed by atoms with E-state index in [1.54, 1.807) is 41.5 Å². The van der Waals surface area contributed by atoms with Crippen LogP contribution in [0.25, 0.3) is 0 Å². The predicted octanol–water partition coefficient (Wildman–Crippen LogP) is 5.67. The zero-order valence-corrected chi connectivity index (χ0v) is 23.7. The highest BCUT2D eigenvalue weighted by atomic mass is 79.9. The Morgan fingerprint density at radius 2 is 1.67 bits per heavy atom. The number of hydrogen-bond acceptors (Lipinski definition) is 7. The number of aliphatic imine (C=N–C) groups is 1. The molecule has 3 atom stereocenters. The lowest BCUT2D eigenvalue weighted by Gasteiger charge is -2.43. The van der Waals surface area contributed by atoms with Gasteiger partial charge in [-0.25, -0.2) is 26.8 Å². The Hall–Kier alpha value is -2.08. The highest BCUT2D eigenvalue weighted by molar-refractivity contribution is 9.10. The molecule has 2 aliphatic heterocycles. The fraction of sp³-hybridized carbons (Fsp3) is 0.625. The molecule has 2 heterocycles. The van der Waals surface area contributed by atoms with E-state index in [9.17, 15) is 18.0 Å². The number of imide groups is 1. The maximum Gasteiger partial charge on any atom is 0.425 e. The van der Waals surface area contributed by atoms with Crippen LogP contribution < -0.4 is 0 Å². The van der Waals surface area contributed by atoms with Crippen LogP contribution in [0.5, 0.6) is 0 Å². The van der Waals surface area contributed by atoms with Crippen LogP contribution in [-0.2, 0) is 24.8 Å². The van der Waals surface area contributed by atoms with Crippen LogP contribution in [0.1, 0.15) is 66.9 Å². The minimum atomic E-state index is -4.28. The normalized spacial score (nSPS) is 27.3. The number of carbonyl (C=O) groups is 2. The van der Waals surface area contributed by atoms with Crippen molar-refractivity contribution in [2.24, 2.45) is 4.99 Å². The van der Waals surface area contributed by atoms with Crippen molar-refractivity contribution in [3.8, 4) is 0 Å². The predicted molar refractivity (Wildman–Crippen MR) is 134 cm³/mol. The third-order valence-electron chi connectivity index (χ3n) is 6.16. The van der Waals surface area contributed by atoms with Crippen LogP contribution in [0.4, 0.5) is 18.4 Å². The van der Waals surface area contributed by atoms with E-state index in [2.05, 4.69) is 20.9 Å². The molecule has 2 bridgehead atoms. The van der Waals surface area contributed by atoms with Crippen LogP contribution in [0.2, 0.25) is 0 Å². The summed E-state index contributed by atoms with van der Waals surface area (Å²) in [4.78, 5) is 31.5. The van der Waals surface area contributed by atoms with Gasteiger partial charge in [0.25, 0.3) is 0 Å². The number of sulfone groups is 1. The second-order valence-electron chi connectivity index (χ2n) is 11.2. The Morgan fingerprint density at radius 1 is 1.14 bits per heavy atom. The van der Waals surface area contributed by atoms with Gasteiger partial charge >= 0.3 is 12.2 Å². The van der Waals surface area contributed by atoms with Crippen molar-refractivity contribution in [1.82, 2.24) is 4.90 Å². The first-order chi connectivity index (χ1) is 16.3. The summed E-state index contributed by atoms with van der Waals surface area (Å²) in [6.07, 6.45) is -2.60. The van der Waals surface area contributed by atoms with Crippen molar-refractivity contribution in [2.45, 2.75) is 88.0 Å². The number of alkyl halides is 1. The van der Waals surface area contributed by atoms with Gasteiger partial charge in [-0.2, -0.15) is 4.90 Å². The van der Waals surface area contributed by atoms with Gasteiger partial charge in [0.1, 0.15) is 39.8 Å². The Kier molecular flexibility index (Phi) is 7.15. The molecule has 12 heteroatoms. The molecule has 0 saturated carbocycles. The lowest BCUT2D eigenvalue weighted by Crippen LogP contribution is -2.62. The number of carbonyl (C=O) groups excluding carboxylic acids is 2. The Morgan fingerprint density at radius 3 is 2.14 bits per heavy atom. The summed E-state index contributed by atoms with van der Waals surface area (Å²) in [6, 6.07) is 3.72. The van der Waals surface area contributed by atoms with Crippen molar-refractivity contribution >= 4 is 43.8 Å². The average molecular weight is 593 g/mol. The van der Waals surface area contributed by atoms with E-state index in [1.807, 2.05) is 0 Å². The molecule has 0 spiro atoms. The molecule has 8 nitrogen and oxygen atoms in total.